The average molecular weight is 442 g/mol. The van der Waals surface area contributed by atoms with Gasteiger partial charge in [-0.05, 0) is 45.0 Å². The van der Waals surface area contributed by atoms with Crippen LogP contribution in [0.1, 0.15) is 37.7 Å². The van der Waals surface area contributed by atoms with E-state index >= 15 is 0 Å². The normalized spacial score (nSPS) is 16.2. The number of hydrogen-bond acceptors (Lipinski definition) is 8. The predicted molar refractivity (Wildman–Crippen MR) is 119 cm³/mol. The number of halogens is 1. The Morgan fingerprint density at radius 1 is 1.27 bits per heavy atom. The third-order valence-electron chi connectivity index (χ3n) is 5.46. The zero-order valence-corrected chi connectivity index (χ0v) is 17.9. The summed E-state index contributed by atoms with van der Waals surface area (Å²) in [5.74, 6) is 1.30. The van der Waals surface area contributed by atoms with Crippen molar-refractivity contribution < 1.29 is 0 Å². The minimum Gasteiger partial charge on any atom is -0.358 e. The maximum atomic E-state index is 13.6. The lowest BCUT2D eigenvalue weighted by molar-refractivity contribution is 0.347. The van der Waals surface area contributed by atoms with E-state index < -0.39 is 0 Å². The fraction of sp³-hybridized carbons (Fsp3) is 0.350. The summed E-state index contributed by atoms with van der Waals surface area (Å²) in [4.78, 5) is 32.2. The Bertz CT molecular complexity index is 1280. The van der Waals surface area contributed by atoms with Crippen molar-refractivity contribution in [1.82, 2.24) is 29.8 Å². The topological polar surface area (TPSA) is 97.6 Å². The maximum Gasteiger partial charge on any atom is 0.263 e. The summed E-state index contributed by atoms with van der Waals surface area (Å²) < 4.78 is 1.83. The summed E-state index contributed by atoms with van der Waals surface area (Å²) >= 11 is 7.84. The van der Waals surface area contributed by atoms with Gasteiger partial charge in [0, 0.05) is 6.04 Å². The van der Waals surface area contributed by atoms with E-state index in [1.807, 2.05) is 23.6 Å². The lowest BCUT2D eigenvalue weighted by atomic mass is 10.0. The molecular formula is C20H20ClN7OS. The van der Waals surface area contributed by atoms with E-state index in [-0.39, 0.29) is 17.6 Å². The van der Waals surface area contributed by atoms with Crippen LogP contribution in [0.15, 0.2) is 34.8 Å². The number of anilines is 1. The number of hydrogen-bond donors (Lipinski definition) is 2. The highest BCUT2D eigenvalue weighted by Gasteiger charge is 2.25. The Balaban J connectivity index is 1.65. The van der Waals surface area contributed by atoms with Crippen LogP contribution in [-0.4, -0.2) is 37.6 Å². The van der Waals surface area contributed by atoms with Crippen LogP contribution in [-0.2, 0) is 0 Å². The molecule has 0 aliphatic carbocycles. The highest BCUT2D eigenvalue weighted by molar-refractivity contribution is 7.16. The number of piperidine rings is 1. The Morgan fingerprint density at radius 2 is 2.10 bits per heavy atom. The number of aromatic nitrogens is 5. The van der Waals surface area contributed by atoms with Crippen LogP contribution in [0, 0.1) is 0 Å². The van der Waals surface area contributed by atoms with Gasteiger partial charge in [0.05, 0.1) is 27.5 Å². The average Bonchev–Trinajstić information content (AvgIpc) is 3.24. The fourth-order valence-electron chi connectivity index (χ4n) is 4.01. The van der Waals surface area contributed by atoms with Crippen LogP contribution in [0.25, 0.3) is 21.3 Å². The molecule has 10 heteroatoms. The Labute approximate surface area is 181 Å². The van der Waals surface area contributed by atoms with Gasteiger partial charge in [-0.2, -0.15) is 0 Å². The standard InChI is InChI=1S/C20H20ClN7OS/c1-11(26-17-16-19(24-9-23-17)30-10-25-16)18-27-14-4-2-3-13(21)15(14)20(29)28(18)12-5-7-22-8-6-12/h2-4,9-12,22H,5-8H2,1H3,(H,23,24,26). The molecule has 0 amide bonds. The minimum absolute atomic E-state index is 0.0656. The Hall–Kier alpha value is -2.62. The first-order valence-electron chi connectivity index (χ1n) is 9.85. The van der Waals surface area contributed by atoms with Crippen molar-refractivity contribution in [3.63, 3.8) is 0 Å². The number of fused-ring (bicyclic) bond motifs is 2. The number of nitrogens with one attached hydrogen (secondary N) is 2. The van der Waals surface area contributed by atoms with Crippen LogP contribution in [0.5, 0.6) is 0 Å². The SMILES string of the molecule is CC(Nc1ncnc2scnc12)c1nc2cccc(Cl)c2c(=O)n1C1CCNCC1. The van der Waals surface area contributed by atoms with Crippen LogP contribution >= 0.6 is 22.9 Å². The highest BCUT2D eigenvalue weighted by Crippen LogP contribution is 2.28. The summed E-state index contributed by atoms with van der Waals surface area (Å²) in [7, 11) is 0. The quantitative estimate of drug-likeness (QED) is 0.499. The van der Waals surface area contributed by atoms with Gasteiger partial charge in [0.2, 0.25) is 0 Å². The molecule has 154 valence electrons. The molecule has 1 aliphatic rings. The summed E-state index contributed by atoms with van der Waals surface area (Å²) in [5.41, 5.74) is 2.97. The molecule has 1 fully saturated rings. The highest BCUT2D eigenvalue weighted by atomic mass is 35.5. The molecule has 2 N–H and O–H groups in total. The molecular weight excluding hydrogens is 422 g/mol. The van der Waals surface area contributed by atoms with E-state index in [9.17, 15) is 4.79 Å². The first-order valence-corrected chi connectivity index (χ1v) is 11.1. The summed E-state index contributed by atoms with van der Waals surface area (Å²) in [6.07, 6.45) is 3.24. The Morgan fingerprint density at radius 3 is 2.93 bits per heavy atom. The van der Waals surface area contributed by atoms with Crippen LogP contribution in [0.2, 0.25) is 5.02 Å². The first kappa shape index (κ1) is 19.3. The predicted octanol–water partition coefficient (Wildman–Crippen LogP) is 3.55. The van der Waals surface area contributed by atoms with Crippen LogP contribution < -0.4 is 16.2 Å². The molecule has 0 spiro atoms. The number of nitrogens with zero attached hydrogens (tertiary/aromatic N) is 5. The molecule has 4 heterocycles. The molecule has 4 aromatic rings. The summed E-state index contributed by atoms with van der Waals surface area (Å²) in [6.45, 7) is 3.71. The third kappa shape index (κ3) is 3.32. The van der Waals surface area contributed by atoms with E-state index in [0.717, 1.165) is 30.8 Å². The fourth-order valence-corrected chi connectivity index (χ4v) is 4.89. The molecule has 0 bridgehead atoms. The second kappa shape index (κ2) is 7.90. The lowest BCUT2D eigenvalue weighted by Crippen LogP contribution is -2.37. The third-order valence-corrected chi connectivity index (χ3v) is 6.50. The summed E-state index contributed by atoms with van der Waals surface area (Å²) in [6, 6.07) is 5.18. The van der Waals surface area contributed by atoms with Gasteiger partial charge in [0.15, 0.2) is 5.82 Å². The van der Waals surface area contributed by atoms with Crippen molar-refractivity contribution in [1.29, 1.82) is 0 Å². The van der Waals surface area contributed by atoms with Crippen molar-refractivity contribution in [2.75, 3.05) is 18.4 Å². The second-order valence-electron chi connectivity index (χ2n) is 7.35. The molecule has 1 saturated heterocycles. The van der Waals surface area contributed by atoms with E-state index in [2.05, 4.69) is 25.6 Å². The maximum absolute atomic E-state index is 13.6. The van der Waals surface area contributed by atoms with Crippen LogP contribution in [0.3, 0.4) is 0 Å². The second-order valence-corrected chi connectivity index (χ2v) is 8.60. The number of benzene rings is 1. The zero-order valence-electron chi connectivity index (χ0n) is 16.3. The molecule has 1 atom stereocenters. The Kier molecular flexibility index (Phi) is 5.10. The largest absolute Gasteiger partial charge is 0.358 e. The van der Waals surface area contributed by atoms with Gasteiger partial charge in [-0.15, -0.1) is 11.3 Å². The number of thiazole rings is 1. The molecule has 3 aromatic heterocycles. The van der Waals surface area contributed by atoms with Crippen LogP contribution in [0.4, 0.5) is 5.82 Å². The van der Waals surface area contributed by atoms with Gasteiger partial charge in [-0.3, -0.25) is 9.36 Å². The molecule has 8 nitrogen and oxygen atoms in total. The van der Waals surface area contributed by atoms with E-state index in [1.54, 1.807) is 11.6 Å². The molecule has 0 saturated carbocycles. The van der Waals surface area contributed by atoms with Crippen molar-refractivity contribution >= 4 is 50.0 Å². The molecule has 1 aliphatic heterocycles. The first-order chi connectivity index (χ1) is 14.6. The molecule has 30 heavy (non-hydrogen) atoms. The van der Waals surface area contributed by atoms with Gasteiger partial charge >= 0.3 is 0 Å². The number of rotatable bonds is 4. The van der Waals surface area contributed by atoms with E-state index in [0.29, 0.717) is 33.1 Å². The van der Waals surface area contributed by atoms with Gasteiger partial charge in [-0.1, -0.05) is 17.7 Å². The van der Waals surface area contributed by atoms with Crippen molar-refractivity contribution in [3.05, 3.63) is 51.2 Å². The van der Waals surface area contributed by atoms with Gasteiger partial charge < -0.3 is 10.6 Å². The molecule has 0 radical (unpaired) electrons. The van der Waals surface area contributed by atoms with E-state index in [1.165, 1.54) is 17.7 Å². The molecule has 5 rings (SSSR count). The zero-order chi connectivity index (χ0) is 20.7. The summed E-state index contributed by atoms with van der Waals surface area (Å²) in [5, 5.41) is 7.65. The van der Waals surface area contributed by atoms with Gasteiger partial charge in [0.1, 0.15) is 22.5 Å². The van der Waals surface area contributed by atoms with Crippen molar-refractivity contribution in [3.8, 4) is 0 Å². The van der Waals surface area contributed by atoms with Crippen molar-refractivity contribution in [2.45, 2.75) is 31.8 Å². The monoisotopic (exact) mass is 441 g/mol. The van der Waals surface area contributed by atoms with Gasteiger partial charge in [0.25, 0.3) is 5.56 Å². The van der Waals surface area contributed by atoms with Gasteiger partial charge in [-0.25, -0.2) is 19.9 Å². The minimum atomic E-state index is -0.268. The molecule has 1 aromatic carbocycles. The smallest absolute Gasteiger partial charge is 0.263 e. The lowest BCUT2D eigenvalue weighted by Gasteiger charge is -2.29. The molecule has 1 unspecified atom stereocenters. The van der Waals surface area contributed by atoms with Crippen molar-refractivity contribution in [2.24, 2.45) is 0 Å². The van der Waals surface area contributed by atoms with E-state index in [4.69, 9.17) is 16.6 Å².